The SMILES string of the molecule is COCc1cc(-c2nc(-c3ccc(CN(C)CC(=O)O)c(Cl)c3)no2)ccc1-c1ccccc1C. The van der Waals surface area contributed by atoms with Gasteiger partial charge in [0.05, 0.1) is 13.2 Å². The number of hydrogen-bond acceptors (Lipinski definition) is 6. The molecule has 4 rings (SSSR count). The van der Waals surface area contributed by atoms with Gasteiger partial charge in [0.1, 0.15) is 0 Å². The van der Waals surface area contributed by atoms with Crippen LogP contribution in [0.25, 0.3) is 34.0 Å². The Hall–Kier alpha value is -3.52. The van der Waals surface area contributed by atoms with E-state index in [2.05, 4.69) is 35.3 Å². The molecule has 8 heteroatoms. The lowest BCUT2D eigenvalue weighted by atomic mass is 9.94. The fourth-order valence-corrected chi connectivity index (χ4v) is 4.23. The molecule has 0 saturated heterocycles. The zero-order chi connectivity index (χ0) is 24.9. The van der Waals surface area contributed by atoms with Crippen LogP contribution < -0.4 is 0 Å². The van der Waals surface area contributed by atoms with Gasteiger partial charge in [-0.1, -0.05) is 59.2 Å². The van der Waals surface area contributed by atoms with Crippen LogP contribution in [0.1, 0.15) is 16.7 Å². The van der Waals surface area contributed by atoms with E-state index in [1.807, 2.05) is 36.4 Å². The number of halogens is 1. The van der Waals surface area contributed by atoms with E-state index in [0.29, 0.717) is 35.5 Å². The third kappa shape index (κ3) is 5.77. The summed E-state index contributed by atoms with van der Waals surface area (Å²) in [5.41, 5.74) is 6.79. The minimum Gasteiger partial charge on any atom is -0.480 e. The van der Waals surface area contributed by atoms with Gasteiger partial charge >= 0.3 is 5.97 Å². The molecule has 4 aromatic rings. The van der Waals surface area contributed by atoms with Crippen LogP contribution in [-0.4, -0.2) is 46.8 Å². The Balaban J connectivity index is 1.60. The predicted octanol–water partition coefficient (Wildman–Crippen LogP) is 5.70. The Bertz CT molecular complexity index is 1350. The number of aryl methyl sites for hydroxylation is 1. The van der Waals surface area contributed by atoms with Gasteiger partial charge in [-0.25, -0.2) is 0 Å². The van der Waals surface area contributed by atoms with E-state index in [1.54, 1.807) is 25.1 Å². The van der Waals surface area contributed by atoms with Crippen molar-refractivity contribution < 1.29 is 19.2 Å². The Morgan fingerprint density at radius 2 is 1.83 bits per heavy atom. The minimum absolute atomic E-state index is 0.0695. The van der Waals surface area contributed by atoms with Gasteiger partial charge in [0.15, 0.2) is 0 Å². The molecule has 1 N–H and O–H groups in total. The summed E-state index contributed by atoms with van der Waals surface area (Å²) in [6, 6.07) is 19.7. The lowest BCUT2D eigenvalue weighted by molar-refractivity contribution is -0.138. The molecule has 1 heterocycles. The molecular formula is C27H26ClN3O4. The number of benzene rings is 3. The molecule has 0 unspecified atom stereocenters. The number of carboxylic acids is 1. The van der Waals surface area contributed by atoms with Gasteiger partial charge in [0.25, 0.3) is 5.89 Å². The Morgan fingerprint density at radius 1 is 1.06 bits per heavy atom. The molecule has 0 aliphatic carbocycles. The summed E-state index contributed by atoms with van der Waals surface area (Å²) in [6.45, 7) is 2.88. The summed E-state index contributed by atoms with van der Waals surface area (Å²) in [5.74, 6) is -0.0705. The van der Waals surface area contributed by atoms with Crippen molar-refractivity contribution in [2.45, 2.75) is 20.1 Å². The zero-order valence-electron chi connectivity index (χ0n) is 19.8. The van der Waals surface area contributed by atoms with Crippen molar-refractivity contribution in [3.05, 3.63) is 82.4 Å². The van der Waals surface area contributed by atoms with E-state index in [1.165, 1.54) is 5.56 Å². The topological polar surface area (TPSA) is 88.7 Å². The van der Waals surface area contributed by atoms with Crippen molar-refractivity contribution in [2.24, 2.45) is 0 Å². The van der Waals surface area contributed by atoms with Gasteiger partial charge < -0.3 is 14.4 Å². The highest BCUT2D eigenvalue weighted by atomic mass is 35.5. The third-order valence-electron chi connectivity index (χ3n) is 5.67. The highest BCUT2D eigenvalue weighted by Gasteiger charge is 2.16. The van der Waals surface area contributed by atoms with Crippen molar-refractivity contribution in [3.8, 4) is 34.0 Å². The summed E-state index contributed by atoms with van der Waals surface area (Å²) in [4.78, 5) is 17.2. The first-order chi connectivity index (χ1) is 16.9. The van der Waals surface area contributed by atoms with Gasteiger partial charge in [-0.3, -0.25) is 9.69 Å². The number of likely N-dealkylation sites (N-methyl/N-ethyl adjacent to an activating group) is 1. The Labute approximate surface area is 208 Å². The van der Waals surface area contributed by atoms with Crippen molar-refractivity contribution in [2.75, 3.05) is 20.7 Å². The van der Waals surface area contributed by atoms with Crippen molar-refractivity contribution in [1.29, 1.82) is 0 Å². The van der Waals surface area contributed by atoms with Gasteiger partial charge in [0.2, 0.25) is 5.82 Å². The second-order valence-electron chi connectivity index (χ2n) is 8.42. The maximum Gasteiger partial charge on any atom is 0.317 e. The number of aliphatic carboxylic acids is 1. The first kappa shape index (κ1) is 24.6. The van der Waals surface area contributed by atoms with Crippen LogP contribution in [0.4, 0.5) is 0 Å². The number of carbonyl (C=O) groups is 1. The maximum atomic E-state index is 10.9. The average Bonchev–Trinajstić information content (AvgIpc) is 3.31. The Kier molecular flexibility index (Phi) is 7.60. The fourth-order valence-electron chi connectivity index (χ4n) is 3.99. The Morgan fingerprint density at radius 3 is 2.54 bits per heavy atom. The molecule has 0 aliphatic rings. The summed E-state index contributed by atoms with van der Waals surface area (Å²) < 4.78 is 11.0. The highest BCUT2D eigenvalue weighted by molar-refractivity contribution is 6.31. The molecule has 0 aliphatic heterocycles. The van der Waals surface area contributed by atoms with Crippen LogP contribution in [0.15, 0.2) is 65.2 Å². The van der Waals surface area contributed by atoms with E-state index in [0.717, 1.165) is 27.8 Å². The second-order valence-corrected chi connectivity index (χ2v) is 8.82. The number of aromatic nitrogens is 2. The molecule has 0 amide bonds. The standard InChI is InChI=1S/C27H26ClN3O4/c1-17-6-4-5-7-22(17)23-11-10-19(12-21(23)16-34-3)27-29-26(30-35-27)18-8-9-20(24(28)13-18)14-31(2)15-25(32)33/h4-13H,14-16H2,1-3H3,(H,32,33). The molecule has 35 heavy (non-hydrogen) atoms. The van der Waals surface area contributed by atoms with E-state index >= 15 is 0 Å². The van der Waals surface area contributed by atoms with E-state index < -0.39 is 5.97 Å². The number of hydrogen-bond donors (Lipinski definition) is 1. The van der Waals surface area contributed by atoms with Gasteiger partial charge in [-0.15, -0.1) is 0 Å². The lowest BCUT2D eigenvalue weighted by Gasteiger charge is -2.15. The summed E-state index contributed by atoms with van der Waals surface area (Å²) in [5, 5.41) is 13.6. The van der Waals surface area contributed by atoms with E-state index in [4.69, 9.17) is 26.0 Å². The predicted molar refractivity (Wildman–Crippen MR) is 135 cm³/mol. The quantitative estimate of drug-likeness (QED) is 0.321. The summed E-state index contributed by atoms with van der Waals surface area (Å²) >= 11 is 6.45. The maximum absolute atomic E-state index is 10.9. The third-order valence-corrected chi connectivity index (χ3v) is 6.02. The largest absolute Gasteiger partial charge is 0.480 e. The van der Waals surface area contributed by atoms with E-state index in [9.17, 15) is 4.79 Å². The molecule has 0 atom stereocenters. The highest BCUT2D eigenvalue weighted by Crippen LogP contribution is 2.32. The smallest absolute Gasteiger partial charge is 0.317 e. The minimum atomic E-state index is -0.889. The molecule has 0 spiro atoms. The number of carboxylic acid groups (broad SMARTS) is 1. The number of ether oxygens (including phenoxy) is 1. The number of methoxy groups -OCH3 is 1. The van der Waals surface area contributed by atoms with Gasteiger partial charge in [-0.05, 0) is 60.0 Å². The summed E-state index contributed by atoms with van der Waals surface area (Å²) in [7, 11) is 3.40. The van der Waals surface area contributed by atoms with Crippen LogP contribution in [0.5, 0.6) is 0 Å². The van der Waals surface area contributed by atoms with Crippen LogP contribution in [0.2, 0.25) is 5.02 Å². The van der Waals surface area contributed by atoms with Crippen molar-refractivity contribution in [3.63, 3.8) is 0 Å². The molecule has 0 saturated carbocycles. The first-order valence-electron chi connectivity index (χ1n) is 11.1. The zero-order valence-corrected chi connectivity index (χ0v) is 20.5. The lowest BCUT2D eigenvalue weighted by Crippen LogP contribution is -2.25. The van der Waals surface area contributed by atoms with Gasteiger partial charge in [-0.2, -0.15) is 4.98 Å². The molecular weight excluding hydrogens is 466 g/mol. The molecule has 3 aromatic carbocycles. The molecule has 0 bridgehead atoms. The molecule has 0 radical (unpaired) electrons. The monoisotopic (exact) mass is 491 g/mol. The first-order valence-corrected chi connectivity index (χ1v) is 11.4. The van der Waals surface area contributed by atoms with E-state index in [-0.39, 0.29) is 6.54 Å². The molecule has 180 valence electrons. The van der Waals surface area contributed by atoms with Crippen LogP contribution >= 0.6 is 11.6 Å². The second kappa shape index (κ2) is 10.8. The van der Waals surface area contributed by atoms with Crippen molar-refractivity contribution in [1.82, 2.24) is 15.0 Å². The normalized spacial score (nSPS) is 11.2. The average molecular weight is 492 g/mol. The molecule has 7 nitrogen and oxygen atoms in total. The number of rotatable bonds is 9. The fraction of sp³-hybridized carbons (Fsp3) is 0.222. The van der Waals surface area contributed by atoms with Crippen LogP contribution in [0.3, 0.4) is 0 Å². The summed E-state index contributed by atoms with van der Waals surface area (Å²) in [6.07, 6.45) is 0. The number of nitrogens with zero attached hydrogens (tertiary/aromatic N) is 3. The van der Waals surface area contributed by atoms with Gasteiger partial charge in [0, 0.05) is 29.8 Å². The molecule has 1 aromatic heterocycles. The van der Waals surface area contributed by atoms with Crippen LogP contribution in [0, 0.1) is 6.92 Å². The molecule has 0 fully saturated rings. The van der Waals surface area contributed by atoms with Crippen molar-refractivity contribution >= 4 is 17.6 Å². The van der Waals surface area contributed by atoms with Crippen LogP contribution in [-0.2, 0) is 22.7 Å².